The number of benzene rings is 2. The number of nitrogens with zero attached hydrogens (tertiary/aromatic N) is 4. The minimum absolute atomic E-state index is 0.168. The van der Waals surface area contributed by atoms with Gasteiger partial charge >= 0.3 is 0 Å². The quantitative estimate of drug-likeness (QED) is 0.704. The fraction of sp³-hybridized carbons (Fsp3) is 0.304. The molecule has 2 heterocycles. The molecule has 2 aromatic carbocycles. The van der Waals surface area contributed by atoms with Crippen LogP contribution in [0.15, 0.2) is 48.5 Å². The van der Waals surface area contributed by atoms with Gasteiger partial charge in [-0.15, -0.1) is 0 Å². The van der Waals surface area contributed by atoms with Crippen LogP contribution in [0.5, 0.6) is 0 Å². The molecule has 1 saturated heterocycles. The van der Waals surface area contributed by atoms with Gasteiger partial charge < -0.3 is 15.1 Å². The van der Waals surface area contributed by atoms with Crippen molar-refractivity contribution in [3.05, 3.63) is 71.2 Å². The van der Waals surface area contributed by atoms with Crippen molar-refractivity contribution in [3.63, 3.8) is 0 Å². The van der Waals surface area contributed by atoms with Crippen LogP contribution in [0.25, 0.3) is 0 Å². The van der Waals surface area contributed by atoms with E-state index in [0.29, 0.717) is 11.6 Å². The zero-order valence-corrected chi connectivity index (χ0v) is 17.1. The highest BCUT2D eigenvalue weighted by molar-refractivity contribution is 5.63. The van der Waals surface area contributed by atoms with E-state index in [1.165, 1.54) is 6.07 Å². The Kier molecular flexibility index (Phi) is 5.34. The summed E-state index contributed by atoms with van der Waals surface area (Å²) in [7, 11) is 0. The van der Waals surface area contributed by atoms with Gasteiger partial charge in [-0.25, -0.2) is 9.37 Å². The van der Waals surface area contributed by atoms with Crippen molar-refractivity contribution in [2.75, 3.05) is 41.3 Å². The minimum Gasteiger partial charge on any atom is -0.366 e. The first-order valence-electron chi connectivity index (χ1n) is 9.94. The molecule has 5 nitrogen and oxygen atoms in total. The van der Waals surface area contributed by atoms with Crippen LogP contribution in [-0.4, -0.2) is 36.1 Å². The van der Waals surface area contributed by atoms with Crippen LogP contribution in [0.3, 0.4) is 0 Å². The summed E-state index contributed by atoms with van der Waals surface area (Å²) in [6.45, 7) is 9.22. The number of para-hydroxylation sites is 2. The van der Waals surface area contributed by atoms with Gasteiger partial charge in [0.15, 0.2) is 0 Å². The van der Waals surface area contributed by atoms with E-state index in [9.17, 15) is 4.39 Å². The lowest BCUT2D eigenvalue weighted by atomic mass is 10.1. The summed E-state index contributed by atoms with van der Waals surface area (Å²) in [6, 6.07) is 15.2. The largest absolute Gasteiger partial charge is 0.366 e. The van der Waals surface area contributed by atoms with Crippen LogP contribution in [0, 0.1) is 26.6 Å². The maximum absolute atomic E-state index is 14.1. The minimum atomic E-state index is -0.168. The van der Waals surface area contributed by atoms with Crippen molar-refractivity contribution < 1.29 is 4.39 Å². The molecule has 6 heteroatoms. The van der Waals surface area contributed by atoms with Crippen LogP contribution in [0.1, 0.15) is 16.8 Å². The number of anilines is 4. The highest BCUT2D eigenvalue weighted by atomic mass is 19.1. The second-order valence-corrected chi connectivity index (χ2v) is 7.51. The smallest absolute Gasteiger partial charge is 0.229 e. The van der Waals surface area contributed by atoms with Gasteiger partial charge in [0, 0.05) is 43.6 Å². The summed E-state index contributed by atoms with van der Waals surface area (Å²) >= 11 is 0. The first-order valence-corrected chi connectivity index (χ1v) is 9.94. The molecule has 0 bridgehead atoms. The second kappa shape index (κ2) is 8.07. The number of hydrogen-bond acceptors (Lipinski definition) is 5. The van der Waals surface area contributed by atoms with Crippen molar-refractivity contribution in [1.82, 2.24) is 9.97 Å². The Bertz CT molecular complexity index is 992. The number of aryl methyl sites for hydroxylation is 3. The molecule has 0 amide bonds. The number of aromatic nitrogens is 2. The number of halogens is 1. The highest BCUT2D eigenvalue weighted by Gasteiger charge is 2.21. The first-order chi connectivity index (χ1) is 14.0. The second-order valence-electron chi connectivity index (χ2n) is 7.51. The number of rotatable bonds is 4. The van der Waals surface area contributed by atoms with Gasteiger partial charge in [-0.3, -0.25) is 0 Å². The van der Waals surface area contributed by atoms with Crippen molar-refractivity contribution in [1.29, 1.82) is 0 Å². The van der Waals surface area contributed by atoms with Gasteiger partial charge in [0.25, 0.3) is 0 Å². The van der Waals surface area contributed by atoms with Crippen LogP contribution >= 0.6 is 0 Å². The molecule has 4 rings (SSSR count). The molecule has 1 aliphatic heterocycles. The molecule has 0 atom stereocenters. The Morgan fingerprint density at radius 2 is 1.48 bits per heavy atom. The van der Waals surface area contributed by atoms with Crippen molar-refractivity contribution in [2.45, 2.75) is 20.8 Å². The van der Waals surface area contributed by atoms with E-state index in [0.717, 1.165) is 54.5 Å². The predicted molar refractivity (Wildman–Crippen MR) is 117 cm³/mol. The Morgan fingerprint density at radius 1 is 0.828 bits per heavy atom. The van der Waals surface area contributed by atoms with E-state index in [-0.39, 0.29) is 5.82 Å². The molecule has 1 N–H and O–H groups in total. The fourth-order valence-electron chi connectivity index (χ4n) is 3.78. The Balaban J connectivity index is 1.51. The summed E-state index contributed by atoms with van der Waals surface area (Å²) in [6.07, 6.45) is 0. The molecule has 0 aliphatic carbocycles. The Morgan fingerprint density at radius 3 is 2.17 bits per heavy atom. The van der Waals surface area contributed by atoms with Gasteiger partial charge in [-0.1, -0.05) is 30.3 Å². The van der Waals surface area contributed by atoms with Crippen molar-refractivity contribution in [3.8, 4) is 0 Å². The number of piperazine rings is 1. The maximum Gasteiger partial charge on any atom is 0.229 e. The van der Waals surface area contributed by atoms with Crippen LogP contribution in [0.4, 0.5) is 27.5 Å². The van der Waals surface area contributed by atoms with Crippen molar-refractivity contribution >= 4 is 23.1 Å². The third kappa shape index (κ3) is 4.16. The Hall–Kier alpha value is -3.15. The highest BCUT2D eigenvalue weighted by Crippen LogP contribution is 2.26. The SMILES string of the molecule is Cc1cc(N2CCN(c3ccccc3F)CC2)nc(Nc2c(C)cccc2C)n1. The van der Waals surface area contributed by atoms with E-state index in [1.807, 2.05) is 31.2 Å². The normalized spacial score (nSPS) is 14.2. The first kappa shape index (κ1) is 19.2. The zero-order chi connectivity index (χ0) is 20.4. The van der Waals surface area contributed by atoms with Crippen LogP contribution in [0.2, 0.25) is 0 Å². The molecule has 1 aromatic heterocycles. The predicted octanol–water partition coefficient (Wildman–Crippen LogP) is 4.61. The Labute approximate surface area is 171 Å². The number of hydrogen-bond donors (Lipinski definition) is 1. The number of nitrogens with one attached hydrogen (secondary N) is 1. The summed E-state index contributed by atoms with van der Waals surface area (Å²) < 4.78 is 14.1. The average Bonchev–Trinajstić information content (AvgIpc) is 2.71. The third-order valence-corrected chi connectivity index (χ3v) is 5.36. The van der Waals surface area contributed by atoms with E-state index in [2.05, 4.69) is 46.1 Å². The summed E-state index contributed by atoms with van der Waals surface area (Å²) in [5.41, 5.74) is 4.96. The molecule has 3 aromatic rings. The lowest BCUT2D eigenvalue weighted by Crippen LogP contribution is -2.47. The fourth-order valence-corrected chi connectivity index (χ4v) is 3.78. The van der Waals surface area contributed by atoms with Gasteiger partial charge in [0.1, 0.15) is 11.6 Å². The molecule has 0 spiro atoms. The third-order valence-electron chi connectivity index (χ3n) is 5.36. The average molecular weight is 391 g/mol. The monoisotopic (exact) mass is 391 g/mol. The molecule has 0 saturated carbocycles. The van der Waals surface area contributed by atoms with Crippen molar-refractivity contribution in [2.24, 2.45) is 0 Å². The van der Waals surface area contributed by atoms with E-state index < -0.39 is 0 Å². The molecular weight excluding hydrogens is 365 g/mol. The summed E-state index contributed by atoms with van der Waals surface area (Å²) in [5, 5.41) is 3.39. The molecule has 0 radical (unpaired) electrons. The summed E-state index contributed by atoms with van der Waals surface area (Å²) in [4.78, 5) is 13.7. The van der Waals surface area contributed by atoms with Gasteiger partial charge in [0.2, 0.25) is 5.95 Å². The molecule has 1 fully saturated rings. The molecule has 0 unspecified atom stereocenters. The molecule has 1 aliphatic rings. The zero-order valence-electron chi connectivity index (χ0n) is 17.1. The maximum atomic E-state index is 14.1. The van der Waals surface area contributed by atoms with Gasteiger partial charge in [0.05, 0.1) is 5.69 Å². The lowest BCUT2D eigenvalue weighted by Gasteiger charge is -2.37. The molecule has 150 valence electrons. The molecule has 29 heavy (non-hydrogen) atoms. The summed E-state index contributed by atoms with van der Waals surface area (Å²) in [5.74, 6) is 1.34. The molecular formula is C23H26FN5. The topological polar surface area (TPSA) is 44.3 Å². The van der Waals surface area contributed by atoms with E-state index in [1.54, 1.807) is 6.07 Å². The van der Waals surface area contributed by atoms with Gasteiger partial charge in [-0.2, -0.15) is 4.98 Å². The van der Waals surface area contributed by atoms with E-state index in [4.69, 9.17) is 4.98 Å². The van der Waals surface area contributed by atoms with Crippen LogP contribution < -0.4 is 15.1 Å². The lowest BCUT2D eigenvalue weighted by molar-refractivity contribution is 0.596. The van der Waals surface area contributed by atoms with Gasteiger partial charge in [-0.05, 0) is 44.0 Å². The van der Waals surface area contributed by atoms with E-state index >= 15 is 0 Å². The van der Waals surface area contributed by atoms with Crippen LogP contribution in [-0.2, 0) is 0 Å². The standard InChI is InChI=1S/C23H26FN5/c1-16-7-6-8-17(2)22(16)27-23-25-18(3)15-21(26-23)29-13-11-28(12-14-29)20-10-5-4-9-19(20)24/h4-10,15H,11-14H2,1-3H3,(H,25,26,27).